The minimum absolute atomic E-state index is 0.194. The molecule has 1 aliphatic rings. The summed E-state index contributed by atoms with van der Waals surface area (Å²) < 4.78 is 4.86. The summed E-state index contributed by atoms with van der Waals surface area (Å²) in [5.74, 6) is -0.975. The number of rotatable bonds is 4. The number of hydrogen-bond acceptors (Lipinski definition) is 2. The second-order valence-corrected chi connectivity index (χ2v) is 3.66. The fourth-order valence-corrected chi connectivity index (χ4v) is 1.56. The molecule has 4 heteroatoms. The first kappa shape index (κ1) is 12.0. The van der Waals surface area contributed by atoms with E-state index in [4.69, 9.17) is 21.4 Å². The Balaban J connectivity index is 2.77. The molecule has 0 spiro atoms. The Labute approximate surface area is 93.7 Å². The van der Waals surface area contributed by atoms with Gasteiger partial charge in [0.25, 0.3) is 0 Å². The number of carbonyl (C=O) groups is 1. The maximum atomic E-state index is 10.8. The fraction of sp³-hybridized carbons (Fsp3) is 0.364. The highest BCUT2D eigenvalue weighted by molar-refractivity contribution is 6.32. The van der Waals surface area contributed by atoms with Crippen LogP contribution >= 0.6 is 11.6 Å². The van der Waals surface area contributed by atoms with Crippen LogP contribution in [0.15, 0.2) is 34.4 Å². The van der Waals surface area contributed by atoms with Gasteiger partial charge in [0.1, 0.15) is 0 Å². The normalized spacial score (nSPS) is 17.1. The zero-order valence-electron chi connectivity index (χ0n) is 8.50. The number of halogens is 1. The van der Waals surface area contributed by atoms with E-state index in [1.807, 2.05) is 12.2 Å². The molecule has 1 N–H and O–H groups in total. The summed E-state index contributed by atoms with van der Waals surface area (Å²) in [4.78, 5) is 10.8. The number of allylic oxidation sites excluding steroid dienone is 3. The molecule has 0 amide bonds. The van der Waals surface area contributed by atoms with Crippen LogP contribution in [0.4, 0.5) is 0 Å². The quantitative estimate of drug-likeness (QED) is 0.804. The van der Waals surface area contributed by atoms with Crippen molar-refractivity contribution >= 4 is 17.6 Å². The SMILES string of the molecule is COCC=CC1=CC(C(=O)O)=C(Cl)CC1. The third kappa shape index (κ3) is 3.53. The van der Waals surface area contributed by atoms with E-state index in [1.165, 1.54) is 0 Å². The average Bonchev–Trinajstić information content (AvgIpc) is 2.20. The van der Waals surface area contributed by atoms with E-state index in [1.54, 1.807) is 13.2 Å². The van der Waals surface area contributed by atoms with Gasteiger partial charge in [-0.15, -0.1) is 0 Å². The molecule has 0 saturated carbocycles. The molecule has 0 radical (unpaired) electrons. The second-order valence-electron chi connectivity index (χ2n) is 3.20. The molecule has 82 valence electrons. The van der Waals surface area contributed by atoms with E-state index in [0.29, 0.717) is 18.1 Å². The van der Waals surface area contributed by atoms with Gasteiger partial charge in [-0.05, 0) is 24.5 Å². The van der Waals surface area contributed by atoms with E-state index in [2.05, 4.69) is 0 Å². The van der Waals surface area contributed by atoms with Gasteiger partial charge in [0.2, 0.25) is 0 Å². The lowest BCUT2D eigenvalue weighted by Gasteiger charge is -2.11. The predicted octanol–water partition coefficient (Wildman–Crippen LogP) is 2.49. The van der Waals surface area contributed by atoms with Crippen LogP contribution in [0.3, 0.4) is 0 Å². The van der Waals surface area contributed by atoms with Crippen LogP contribution in [0, 0.1) is 0 Å². The van der Waals surface area contributed by atoms with Crippen LogP contribution in [-0.2, 0) is 9.53 Å². The molecule has 0 heterocycles. The van der Waals surface area contributed by atoms with Gasteiger partial charge in [-0.3, -0.25) is 0 Å². The first-order valence-electron chi connectivity index (χ1n) is 4.63. The molecule has 0 aromatic rings. The van der Waals surface area contributed by atoms with E-state index >= 15 is 0 Å². The lowest BCUT2D eigenvalue weighted by atomic mass is 9.99. The zero-order chi connectivity index (χ0) is 11.3. The second kappa shape index (κ2) is 5.73. The molecule has 3 nitrogen and oxygen atoms in total. The maximum absolute atomic E-state index is 10.8. The minimum atomic E-state index is -0.975. The van der Waals surface area contributed by atoms with E-state index in [9.17, 15) is 4.79 Å². The number of ether oxygens (including phenoxy) is 1. The number of aliphatic carboxylic acids is 1. The van der Waals surface area contributed by atoms with Crippen molar-refractivity contribution < 1.29 is 14.6 Å². The van der Waals surface area contributed by atoms with Crippen LogP contribution in [0.1, 0.15) is 12.8 Å². The zero-order valence-corrected chi connectivity index (χ0v) is 9.25. The molecule has 0 unspecified atom stereocenters. The molecule has 15 heavy (non-hydrogen) atoms. The molecule has 0 aromatic carbocycles. The molecule has 1 aliphatic carbocycles. The Morgan fingerprint density at radius 3 is 3.00 bits per heavy atom. The number of carboxylic acid groups (broad SMARTS) is 1. The highest BCUT2D eigenvalue weighted by Crippen LogP contribution is 2.27. The summed E-state index contributed by atoms with van der Waals surface area (Å²) in [6, 6.07) is 0. The summed E-state index contributed by atoms with van der Waals surface area (Å²) >= 11 is 5.81. The Bertz CT molecular complexity index is 340. The molecule has 0 aliphatic heterocycles. The van der Waals surface area contributed by atoms with Crippen LogP contribution in [0.5, 0.6) is 0 Å². The monoisotopic (exact) mass is 228 g/mol. The lowest BCUT2D eigenvalue weighted by molar-refractivity contribution is -0.132. The predicted molar refractivity (Wildman–Crippen MR) is 58.8 cm³/mol. The fourth-order valence-electron chi connectivity index (χ4n) is 1.33. The van der Waals surface area contributed by atoms with Crippen molar-refractivity contribution in [3.63, 3.8) is 0 Å². The third-order valence-corrected chi connectivity index (χ3v) is 2.47. The average molecular weight is 229 g/mol. The van der Waals surface area contributed by atoms with Gasteiger partial charge in [-0.25, -0.2) is 4.79 Å². The highest BCUT2D eigenvalue weighted by Gasteiger charge is 2.15. The van der Waals surface area contributed by atoms with Gasteiger partial charge in [-0.1, -0.05) is 23.8 Å². The maximum Gasteiger partial charge on any atom is 0.336 e. The molecule has 0 saturated heterocycles. The van der Waals surface area contributed by atoms with Crippen molar-refractivity contribution in [2.75, 3.05) is 13.7 Å². The van der Waals surface area contributed by atoms with E-state index in [-0.39, 0.29) is 5.57 Å². The van der Waals surface area contributed by atoms with Gasteiger partial charge in [-0.2, -0.15) is 0 Å². The molecule has 0 atom stereocenters. The molecule has 0 aromatic heterocycles. The first-order valence-corrected chi connectivity index (χ1v) is 5.01. The summed E-state index contributed by atoms with van der Waals surface area (Å²) in [6.07, 6.45) is 6.70. The highest BCUT2D eigenvalue weighted by atomic mass is 35.5. The standard InChI is InChI=1S/C11H13ClO3/c1-15-6-2-3-8-4-5-10(12)9(7-8)11(13)14/h2-3,7H,4-6H2,1H3,(H,13,14). The molecule has 1 rings (SSSR count). The van der Waals surface area contributed by atoms with Crippen molar-refractivity contribution in [1.29, 1.82) is 0 Å². The molecular formula is C11H13ClO3. The van der Waals surface area contributed by atoms with Gasteiger partial charge >= 0.3 is 5.97 Å². The summed E-state index contributed by atoms with van der Waals surface area (Å²) in [6.45, 7) is 0.525. The van der Waals surface area contributed by atoms with Crippen molar-refractivity contribution in [3.05, 3.63) is 34.4 Å². The molecule has 0 fully saturated rings. The van der Waals surface area contributed by atoms with Gasteiger partial charge in [0.05, 0.1) is 12.2 Å². The van der Waals surface area contributed by atoms with Crippen molar-refractivity contribution in [2.24, 2.45) is 0 Å². The number of hydrogen-bond donors (Lipinski definition) is 1. The Kier molecular flexibility index (Phi) is 4.59. The van der Waals surface area contributed by atoms with Gasteiger partial charge < -0.3 is 9.84 Å². The number of methoxy groups -OCH3 is 1. The summed E-state index contributed by atoms with van der Waals surface area (Å²) in [5.41, 5.74) is 1.16. The van der Waals surface area contributed by atoms with Crippen LogP contribution in [-0.4, -0.2) is 24.8 Å². The largest absolute Gasteiger partial charge is 0.478 e. The van der Waals surface area contributed by atoms with Crippen LogP contribution < -0.4 is 0 Å². The number of carboxylic acids is 1. The summed E-state index contributed by atoms with van der Waals surface area (Å²) in [5, 5.41) is 9.28. The van der Waals surface area contributed by atoms with E-state index in [0.717, 1.165) is 12.0 Å². The van der Waals surface area contributed by atoms with Gasteiger partial charge in [0, 0.05) is 12.1 Å². The Hall–Kier alpha value is -1.06. The summed E-state index contributed by atoms with van der Waals surface area (Å²) in [7, 11) is 1.61. The van der Waals surface area contributed by atoms with Crippen molar-refractivity contribution in [1.82, 2.24) is 0 Å². The Morgan fingerprint density at radius 2 is 2.40 bits per heavy atom. The Morgan fingerprint density at radius 1 is 1.67 bits per heavy atom. The third-order valence-electron chi connectivity index (χ3n) is 2.08. The molecular weight excluding hydrogens is 216 g/mol. The smallest absolute Gasteiger partial charge is 0.336 e. The van der Waals surface area contributed by atoms with Crippen molar-refractivity contribution in [3.8, 4) is 0 Å². The topological polar surface area (TPSA) is 46.5 Å². The lowest BCUT2D eigenvalue weighted by Crippen LogP contribution is -2.04. The minimum Gasteiger partial charge on any atom is -0.478 e. The van der Waals surface area contributed by atoms with Crippen LogP contribution in [0.2, 0.25) is 0 Å². The van der Waals surface area contributed by atoms with E-state index < -0.39 is 5.97 Å². The van der Waals surface area contributed by atoms with Gasteiger partial charge in [0.15, 0.2) is 0 Å². The van der Waals surface area contributed by atoms with Crippen LogP contribution in [0.25, 0.3) is 0 Å². The first-order chi connectivity index (χ1) is 7.15. The molecule has 0 bridgehead atoms. The van der Waals surface area contributed by atoms with Crippen molar-refractivity contribution in [2.45, 2.75) is 12.8 Å².